The molecule has 1 heterocycles. The van der Waals surface area contributed by atoms with E-state index in [1.807, 2.05) is 25.1 Å². The van der Waals surface area contributed by atoms with Crippen LogP contribution in [0.4, 0.5) is 0 Å². The van der Waals surface area contributed by atoms with Crippen molar-refractivity contribution in [3.63, 3.8) is 0 Å². The Morgan fingerprint density at radius 1 is 1.14 bits per heavy atom. The van der Waals surface area contributed by atoms with Crippen LogP contribution >= 0.6 is 0 Å². The Labute approximate surface area is 172 Å². The second kappa shape index (κ2) is 8.73. The molecule has 1 amide bonds. The Morgan fingerprint density at radius 2 is 1.86 bits per heavy atom. The number of carbonyl (C=O) groups excluding carboxylic acids is 2. The maximum atomic E-state index is 12.6. The zero-order valence-corrected chi connectivity index (χ0v) is 18.0. The van der Waals surface area contributed by atoms with Gasteiger partial charge in [-0.3, -0.25) is 4.79 Å². The number of carbonyl (C=O) groups is 2. The summed E-state index contributed by atoms with van der Waals surface area (Å²) in [4.78, 5) is 26.2. The quantitative estimate of drug-likeness (QED) is 0.596. The van der Waals surface area contributed by atoms with Gasteiger partial charge in [0.25, 0.3) is 5.91 Å². The van der Waals surface area contributed by atoms with Crippen molar-refractivity contribution in [2.45, 2.75) is 58.0 Å². The summed E-state index contributed by atoms with van der Waals surface area (Å²) in [7, 11) is -3.08. The molecule has 29 heavy (non-hydrogen) atoms. The lowest BCUT2D eigenvalue weighted by Gasteiger charge is -2.28. The highest BCUT2D eigenvalue weighted by Crippen LogP contribution is 2.32. The molecule has 1 aromatic carbocycles. The van der Waals surface area contributed by atoms with E-state index in [4.69, 9.17) is 9.47 Å². The molecule has 1 aromatic rings. The molecule has 0 spiro atoms. The van der Waals surface area contributed by atoms with E-state index in [9.17, 15) is 18.0 Å². The van der Waals surface area contributed by atoms with Crippen molar-refractivity contribution in [1.82, 2.24) is 4.90 Å². The number of nitrogens with zero attached hydrogens (tertiary/aromatic N) is 1. The highest BCUT2D eigenvalue weighted by Gasteiger charge is 2.42. The fourth-order valence-corrected chi connectivity index (χ4v) is 5.55. The van der Waals surface area contributed by atoms with E-state index in [0.29, 0.717) is 18.1 Å². The summed E-state index contributed by atoms with van der Waals surface area (Å²) >= 11 is 0. The number of benzene rings is 1. The molecule has 1 atom stereocenters. The van der Waals surface area contributed by atoms with Crippen LogP contribution in [0, 0.1) is 6.92 Å². The monoisotopic (exact) mass is 423 g/mol. The topological polar surface area (TPSA) is 90.0 Å². The maximum Gasteiger partial charge on any atom is 0.344 e. The standard InChI is InChI=1S/C21H29NO6S/c1-14(2)19-7-6-18(10-15(19)3)27-12-21(24)28-11-20(23)22(16-4-5-16)17-8-9-29(25,26)13-17/h6-7,10,14,16-17H,4-5,8-9,11-13H2,1-3H3/t17-/m0/s1. The average Bonchev–Trinajstić information content (AvgIpc) is 3.41. The molecule has 2 aliphatic rings. The van der Waals surface area contributed by atoms with Gasteiger partial charge in [0.15, 0.2) is 23.1 Å². The predicted octanol–water partition coefficient (Wildman–Crippen LogP) is 2.22. The zero-order chi connectivity index (χ0) is 21.2. The van der Waals surface area contributed by atoms with E-state index in [1.165, 1.54) is 5.56 Å². The summed E-state index contributed by atoms with van der Waals surface area (Å²) in [6.45, 7) is 5.55. The molecule has 7 nitrogen and oxygen atoms in total. The molecule has 0 unspecified atom stereocenters. The van der Waals surface area contributed by atoms with Gasteiger partial charge in [-0.1, -0.05) is 19.9 Å². The normalized spacial score (nSPS) is 20.5. The van der Waals surface area contributed by atoms with Gasteiger partial charge >= 0.3 is 5.97 Å². The van der Waals surface area contributed by atoms with Crippen LogP contribution < -0.4 is 4.74 Å². The Hall–Kier alpha value is -2.09. The zero-order valence-electron chi connectivity index (χ0n) is 17.2. The first-order valence-electron chi connectivity index (χ1n) is 10.1. The van der Waals surface area contributed by atoms with Crippen LogP contribution in [-0.4, -0.2) is 62.0 Å². The second-order valence-electron chi connectivity index (χ2n) is 8.21. The van der Waals surface area contributed by atoms with E-state index in [1.54, 1.807) is 4.90 Å². The lowest BCUT2D eigenvalue weighted by Crippen LogP contribution is -2.45. The third kappa shape index (κ3) is 5.72. The summed E-state index contributed by atoms with van der Waals surface area (Å²) in [5.41, 5.74) is 2.31. The molecule has 160 valence electrons. The van der Waals surface area contributed by atoms with E-state index in [-0.39, 0.29) is 42.7 Å². The lowest BCUT2D eigenvalue weighted by molar-refractivity contribution is -0.154. The molecular weight excluding hydrogens is 394 g/mol. The summed E-state index contributed by atoms with van der Waals surface area (Å²) in [6.07, 6.45) is 2.18. The van der Waals surface area contributed by atoms with Crippen LogP contribution in [0.15, 0.2) is 18.2 Å². The minimum atomic E-state index is -3.08. The van der Waals surface area contributed by atoms with Gasteiger partial charge in [0.1, 0.15) is 5.75 Å². The van der Waals surface area contributed by atoms with E-state index < -0.39 is 15.8 Å². The van der Waals surface area contributed by atoms with E-state index >= 15 is 0 Å². The number of amides is 1. The number of aryl methyl sites for hydroxylation is 1. The molecule has 0 bridgehead atoms. The van der Waals surface area contributed by atoms with Crippen molar-refractivity contribution in [3.8, 4) is 5.75 Å². The highest BCUT2D eigenvalue weighted by molar-refractivity contribution is 7.91. The molecule has 2 fully saturated rings. The maximum absolute atomic E-state index is 12.6. The van der Waals surface area contributed by atoms with Crippen molar-refractivity contribution in [1.29, 1.82) is 0 Å². The van der Waals surface area contributed by atoms with E-state index in [0.717, 1.165) is 18.4 Å². The molecule has 0 aromatic heterocycles. The summed E-state index contributed by atoms with van der Waals surface area (Å²) in [5, 5.41) is 0. The Bertz CT molecular complexity index is 875. The number of hydrogen-bond donors (Lipinski definition) is 0. The third-order valence-electron chi connectivity index (χ3n) is 5.41. The van der Waals surface area contributed by atoms with Crippen LogP contribution in [0.5, 0.6) is 5.75 Å². The van der Waals surface area contributed by atoms with Gasteiger partial charge in [-0.2, -0.15) is 0 Å². The molecule has 3 rings (SSSR count). The SMILES string of the molecule is Cc1cc(OCC(=O)OCC(=O)N(C2CC2)[C@H]2CCS(=O)(=O)C2)ccc1C(C)C. The molecular formula is C21H29NO6S. The van der Waals surface area contributed by atoms with Gasteiger partial charge in [-0.05, 0) is 55.4 Å². The van der Waals surface area contributed by atoms with Gasteiger partial charge < -0.3 is 14.4 Å². The van der Waals surface area contributed by atoms with Crippen molar-refractivity contribution in [2.75, 3.05) is 24.7 Å². The number of hydrogen-bond acceptors (Lipinski definition) is 6. The summed E-state index contributed by atoms with van der Waals surface area (Å²) in [5.74, 6) is 0.128. The van der Waals surface area contributed by atoms with Crippen LogP contribution in [-0.2, 0) is 24.2 Å². The van der Waals surface area contributed by atoms with Crippen LogP contribution in [0.2, 0.25) is 0 Å². The third-order valence-corrected chi connectivity index (χ3v) is 7.16. The van der Waals surface area contributed by atoms with Gasteiger partial charge in [0.2, 0.25) is 0 Å². The van der Waals surface area contributed by atoms with Crippen molar-refractivity contribution in [2.24, 2.45) is 0 Å². The van der Waals surface area contributed by atoms with Crippen LogP contribution in [0.3, 0.4) is 0 Å². The minimum absolute atomic E-state index is 0.00196. The Morgan fingerprint density at radius 3 is 2.41 bits per heavy atom. The Kier molecular flexibility index (Phi) is 6.51. The first-order chi connectivity index (χ1) is 13.7. The minimum Gasteiger partial charge on any atom is -0.482 e. The van der Waals surface area contributed by atoms with Crippen molar-refractivity contribution >= 4 is 21.7 Å². The molecule has 0 radical (unpaired) electrons. The van der Waals surface area contributed by atoms with Crippen LogP contribution in [0.1, 0.15) is 50.2 Å². The van der Waals surface area contributed by atoms with Gasteiger partial charge in [-0.25, -0.2) is 13.2 Å². The van der Waals surface area contributed by atoms with E-state index in [2.05, 4.69) is 13.8 Å². The van der Waals surface area contributed by atoms with Crippen LogP contribution in [0.25, 0.3) is 0 Å². The van der Waals surface area contributed by atoms with Gasteiger partial charge in [0.05, 0.1) is 11.5 Å². The molecule has 0 N–H and O–H groups in total. The lowest BCUT2D eigenvalue weighted by atomic mass is 9.98. The first-order valence-corrected chi connectivity index (χ1v) is 11.9. The van der Waals surface area contributed by atoms with Gasteiger partial charge in [-0.15, -0.1) is 0 Å². The van der Waals surface area contributed by atoms with Crippen molar-refractivity contribution < 1.29 is 27.5 Å². The fourth-order valence-electron chi connectivity index (χ4n) is 3.84. The molecule has 1 saturated heterocycles. The summed E-state index contributed by atoms with van der Waals surface area (Å²) in [6, 6.07) is 5.43. The molecule has 1 aliphatic carbocycles. The van der Waals surface area contributed by atoms with Gasteiger partial charge in [0, 0.05) is 12.1 Å². The Balaban J connectivity index is 1.48. The highest BCUT2D eigenvalue weighted by atomic mass is 32.2. The number of sulfone groups is 1. The summed E-state index contributed by atoms with van der Waals surface area (Å²) < 4.78 is 34.0. The van der Waals surface area contributed by atoms with Crippen molar-refractivity contribution in [3.05, 3.63) is 29.3 Å². The number of esters is 1. The smallest absolute Gasteiger partial charge is 0.344 e. The predicted molar refractivity (Wildman–Crippen MR) is 109 cm³/mol. The second-order valence-corrected chi connectivity index (χ2v) is 10.4. The fraction of sp³-hybridized carbons (Fsp3) is 0.619. The molecule has 8 heteroatoms. The largest absolute Gasteiger partial charge is 0.482 e. The molecule has 1 saturated carbocycles. The number of ether oxygens (including phenoxy) is 2. The average molecular weight is 424 g/mol. The number of rotatable bonds is 8. The first kappa shape index (κ1) is 21.6. The molecule has 1 aliphatic heterocycles.